The van der Waals surface area contributed by atoms with Crippen LogP contribution in [0.4, 0.5) is 0 Å². The third-order valence-electron chi connectivity index (χ3n) is 1.50. The molecule has 1 aromatic rings. The van der Waals surface area contributed by atoms with Gasteiger partial charge in [0.1, 0.15) is 0 Å². The van der Waals surface area contributed by atoms with Gasteiger partial charge in [-0.1, -0.05) is 6.07 Å². The van der Waals surface area contributed by atoms with E-state index in [1.54, 1.807) is 6.20 Å². The Labute approximate surface area is 53.9 Å². The van der Waals surface area contributed by atoms with Crippen molar-refractivity contribution in [3.8, 4) is 0 Å². The molecule has 1 atom stereocenters. The SMILES string of the molecule is c1cncc(C2CN2)c1. The quantitative estimate of drug-likeness (QED) is 0.554. The van der Waals surface area contributed by atoms with Crippen molar-refractivity contribution in [2.24, 2.45) is 0 Å². The Hall–Kier alpha value is -0.890. The highest BCUT2D eigenvalue weighted by Crippen LogP contribution is 2.18. The lowest BCUT2D eigenvalue weighted by atomic mass is 10.2. The van der Waals surface area contributed by atoms with Gasteiger partial charge in [0, 0.05) is 25.0 Å². The Morgan fingerprint density at radius 2 is 2.56 bits per heavy atom. The van der Waals surface area contributed by atoms with Crippen molar-refractivity contribution < 1.29 is 0 Å². The number of hydrogen-bond donors (Lipinski definition) is 1. The lowest BCUT2D eigenvalue weighted by Crippen LogP contribution is -1.83. The van der Waals surface area contributed by atoms with Gasteiger partial charge in [-0.3, -0.25) is 4.98 Å². The van der Waals surface area contributed by atoms with E-state index < -0.39 is 0 Å². The second kappa shape index (κ2) is 1.81. The number of rotatable bonds is 1. The maximum Gasteiger partial charge on any atom is 0.0462 e. The zero-order valence-corrected chi connectivity index (χ0v) is 5.04. The van der Waals surface area contributed by atoms with Gasteiger partial charge < -0.3 is 5.32 Å². The molecule has 2 rings (SSSR count). The molecule has 2 heteroatoms. The average molecular weight is 120 g/mol. The average Bonchev–Trinajstić information content (AvgIpc) is 2.71. The Bertz CT molecular complexity index is 191. The Balaban J connectivity index is 2.29. The van der Waals surface area contributed by atoms with Crippen molar-refractivity contribution in [1.82, 2.24) is 10.3 Å². The molecule has 0 aliphatic carbocycles. The lowest BCUT2D eigenvalue weighted by molar-refractivity contribution is 1.05. The van der Waals surface area contributed by atoms with Crippen LogP contribution >= 0.6 is 0 Å². The van der Waals surface area contributed by atoms with Crippen LogP contribution in [0, 0.1) is 0 Å². The van der Waals surface area contributed by atoms with Gasteiger partial charge >= 0.3 is 0 Å². The van der Waals surface area contributed by atoms with E-state index in [4.69, 9.17) is 0 Å². The summed E-state index contributed by atoms with van der Waals surface area (Å²) in [6.07, 6.45) is 3.70. The molecule has 0 aromatic carbocycles. The molecule has 0 amide bonds. The fourth-order valence-electron chi connectivity index (χ4n) is 0.877. The van der Waals surface area contributed by atoms with Gasteiger partial charge in [0.15, 0.2) is 0 Å². The fourth-order valence-corrected chi connectivity index (χ4v) is 0.877. The van der Waals surface area contributed by atoms with Crippen LogP contribution in [0.3, 0.4) is 0 Å². The minimum atomic E-state index is 0.596. The molecular formula is C7H8N2. The molecule has 1 saturated heterocycles. The van der Waals surface area contributed by atoms with Gasteiger partial charge in [0.25, 0.3) is 0 Å². The third-order valence-corrected chi connectivity index (χ3v) is 1.50. The van der Waals surface area contributed by atoms with E-state index in [1.165, 1.54) is 5.56 Å². The summed E-state index contributed by atoms with van der Waals surface area (Å²) in [4.78, 5) is 4.01. The van der Waals surface area contributed by atoms with E-state index in [-0.39, 0.29) is 0 Å². The number of hydrogen-bond acceptors (Lipinski definition) is 2. The zero-order valence-electron chi connectivity index (χ0n) is 5.04. The maximum atomic E-state index is 4.01. The Morgan fingerprint density at radius 1 is 1.67 bits per heavy atom. The highest BCUT2D eigenvalue weighted by molar-refractivity contribution is 5.18. The first-order valence-electron chi connectivity index (χ1n) is 3.10. The molecule has 1 fully saturated rings. The van der Waals surface area contributed by atoms with Crippen LogP contribution in [0.5, 0.6) is 0 Å². The molecule has 2 nitrogen and oxygen atoms in total. The summed E-state index contributed by atoms with van der Waals surface area (Å²) in [5.41, 5.74) is 1.30. The number of nitrogens with one attached hydrogen (secondary N) is 1. The number of aromatic nitrogens is 1. The van der Waals surface area contributed by atoms with E-state index in [0.29, 0.717) is 6.04 Å². The Kier molecular flexibility index (Phi) is 0.993. The van der Waals surface area contributed by atoms with Gasteiger partial charge in [-0.05, 0) is 11.6 Å². The van der Waals surface area contributed by atoms with Crippen molar-refractivity contribution >= 4 is 0 Å². The summed E-state index contributed by atoms with van der Waals surface area (Å²) in [6, 6.07) is 4.66. The van der Waals surface area contributed by atoms with Crippen molar-refractivity contribution in [2.75, 3.05) is 6.54 Å². The largest absolute Gasteiger partial charge is 0.307 e. The molecule has 1 unspecified atom stereocenters. The van der Waals surface area contributed by atoms with Crippen LogP contribution in [0.2, 0.25) is 0 Å². The first-order valence-corrected chi connectivity index (χ1v) is 3.10. The highest BCUT2D eigenvalue weighted by atomic mass is 15.1. The molecule has 0 spiro atoms. The Morgan fingerprint density at radius 3 is 3.11 bits per heavy atom. The van der Waals surface area contributed by atoms with E-state index in [1.807, 2.05) is 12.3 Å². The molecule has 0 radical (unpaired) electrons. The maximum absolute atomic E-state index is 4.01. The summed E-state index contributed by atoms with van der Waals surface area (Å²) in [6.45, 7) is 1.12. The lowest BCUT2D eigenvalue weighted by Gasteiger charge is -1.90. The normalized spacial score (nSPS) is 23.8. The van der Waals surface area contributed by atoms with Gasteiger partial charge in [0.05, 0.1) is 0 Å². The molecular weight excluding hydrogens is 112 g/mol. The van der Waals surface area contributed by atoms with Crippen LogP contribution in [-0.4, -0.2) is 11.5 Å². The molecule has 9 heavy (non-hydrogen) atoms. The molecule has 0 saturated carbocycles. The minimum absolute atomic E-state index is 0.596. The summed E-state index contributed by atoms with van der Waals surface area (Å²) < 4.78 is 0. The third kappa shape index (κ3) is 0.933. The van der Waals surface area contributed by atoms with E-state index >= 15 is 0 Å². The summed E-state index contributed by atoms with van der Waals surface area (Å²) >= 11 is 0. The van der Waals surface area contributed by atoms with Crippen molar-refractivity contribution in [3.05, 3.63) is 30.1 Å². The van der Waals surface area contributed by atoms with Gasteiger partial charge in [-0.15, -0.1) is 0 Å². The molecule has 1 aliphatic heterocycles. The second-order valence-corrected chi connectivity index (χ2v) is 2.25. The van der Waals surface area contributed by atoms with Gasteiger partial charge in [-0.2, -0.15) is 0 Å². The van der Waals surface area contributed by atoms with Crippen LogP contribution in [0.1, 0.15) is 11.6 Å². The molecule has 46 valence electrons. The topological polar surface area (TPSA) is 34.8 Å². The van der Waals surface area contributed by atoms with Gasteiger partial charge in [-0.25, -0.2) is 0 Å². The van der Waals surface area contributed by atoms with Crippen LogP contribution in [0.15, 0.2) is 24.5 Å². The number of nitrogens with zero attached hydrogens (tertiary/aromatic N) is 1. The predicted octanol–water partition coefficient (Wildman–Crippen LogP) is 0.726. The van der Waals surface area contributed by atoms with Crippen molar-refractivity contribution in [1.29, 1.82) is 0 Å². The molecule has 0 bridgehead atoms. The van der Waals surface area contributed by atoms with Crippen LogP contribution < -0.4 is 5.32 Å². The number of pyridine rings is 1. The smallest absolute Gasteiger partial charge is 0.0462 e. The summed E-state index contributed by atoms with van der Waals surface area (Å²) in [5, 5.41) is 3.21. The highest BCUT2D eigenvalue weighted by Gasteiger charge is 2.21. The summed E-state index contributed by atoms with van der Waals surface area (Å²) in [7, 11) is 0. The second-order valence-electron chi connectivity index (χ2n) is 2.25. The zero-order chi connectivity index (χ0) is 6.10. The van der Waals surface area contributed by atoms with E-state index in [2.05, 4.69) is 16.4 Å². The monoisotopic (exact) mass is 120 g/mol. The van der Waals surface area contributed by atoms with E-state index in [0.717, 1.165) is 6.54 Å². The molecule has 1 N–H and O–H groups in total. The van der Waals surface area contributed by atoms with Crippen LogP contribution in [-0.2, 0) is 0 Å². The van der Waals surface area contributed by atoms with Crippen LogP contribution in [0.25, 0.3) is 0 Å². The summed E-state index contributed by atoms with van der Waals surface area (Å²) in [5.74, 6) is 0. The standard InChI is InChI=1S/C7H8N2/c1-2-6(4-8-3-1)7-5-9-7/h1-4,7,9H,5H2. The van der Waals surface area contributed by atoms with Crippen molar-refractivity contribution in [2.45, 2.75) is 6.04 Å². The first-order chi connectivity index (χ1) is 4.47. The van der Waals surface area contributed by atoms with Gasteiger partial charge in [0.2, 0.25) is 0 Å². The van der Waals surface area contributed by atoms with E-state index in [9.17, 15) is 0 Å². The molecule has 1 aliphatic rings. The molecule has 1 aromatic heterocycles. The fraction of sp³-hybridized carbons (Fsp3) is 0.286. The van der Waals surface area contributed by atoms with Crippen molar-refractivity contribution in [3.63, 3.8) is 0 Å². The predicted molar refractivity (Wildman–Crippen MR) is 35.0 cm³/mol. The first kappa shape index (κ1) is 4.94. The minimum Gasteiger partial charge on any atom is -0.307 e. The molecule has 2 heterocycles.